The summed E-state index contributed by atoms with van der Waals surface area (Å²) in [5, 5.41) is 48.1. The van der Waals surface area contributed by atoms with Crippen LogP contribution in [0.1, 0.15) is 41.4 Å². The predicted molar refractivity (Wildman–Crippen MR) is 287 cm³/mol. The Labute approximate surface area is 479 Å². The van der Waals surface area contributed by atoms with Crippen LogP contribution in [0, 0.1) is 0 Å². The van der Waals surface area contributed by atoms with Crippen molar-refractivity contribution < 1.29 is 126 Å². The van der Waals surface area contributed by atoms with E-state index in [9.17, 15) is 39.6 Å². The smallest absolute Gasteiger partial charge is 0.870 e. The van der Waals surface area contributed by atoms with Crippen LogP contribution in [0.15, 0.2) is 170 Å². The molecule has 22 nitrogen and oxygen atoms in total. The maximum absolute atomic E-state index is 10.9. The van der Waals surface area contributed by atoms with Crippen molar-refractivity contribution in [3.8, 4) is 46.0 Å². The first-order chi connectivity index (χ1) is 35.0. The molecule has 24 heteroatoms. The van der Waals surface area contributed by atoms with E-state index in [0.29, 0.717) is 47.4 Å². The molecule has 0 spiro atoms. The van der Waals surface area contributed by atoms with E-state index in [2.05, 4.69) is 68.5 Å². The van der Waals surface area contributed by atoms with Crippen LogP contribution < -0.4 is 39.4 Å². The number of hydrogen-bond acceptors (Lipinski definition) is 16. The number of aldehydes is 4. The summed E-state index contributed by atoms with van der Waals surface area (Å²) in [6.07, 6.45) is 9.88. The summed E-state index contributed by atoms with van der Waals surface area (Å²) in [7, 11) is 5.58. The molecule has 10 aromatic rings. The van der Waals surface area contributed by atoms with Gasteiger partial charge in [0.15, 0.2) is 0 Å². The molecule has 4 heterocycles. The maximum Gasteiger partial charge on any atom is 2.00 e. The molecule has 2 radical (unpaired) electrons. The van der Waals surface area contributed by atoms with E-state index in [1.54, 1.807) is 24.8 Å². The van der Waals surface area contributed by atoms with Crippen molar-refractivity contribution in [3.05, 3.63) is 193 Å². The van der Waals surface area contributed by atoms with Crippen molar-refractivity contribution in [1.29, 1.82) is 0 Å². The summed E-state index contributed by atoms with van der Waals surface area (Å²) in [6, 6.07) is 41.0. The minimum atomic E-state index is -0.210. The molecule has 0 fully saturated rings. The average Bonchev–Trinajstić information content (AvgIpc) is 3.44. The van der Waals surface area contributed by atoms with Gasteiger partial charge in [-0.15, -0.1) is 0 Å². The van der Waals surface area contributed by atoms with E-state index in [1.807, 2.05) is 24.3 Å². The third kappa shape index (κ3) is 21.7. The summed E-state index contributed by atoms with van der Waals surface area (Å²) < 4.78 is 18.9. The van der Waals surface area contributed by atoms with Crippen LogP contribution in [-0.4, -0.2) is 106 Å². The predicted octanol–water partition coefficient (Wildman–Crippen LogP) is 2.94. The number of pyridine rings is 4. The van der Waals surface area contributed by atoms with Gasteiger partial charge in [0.05, 0.1) is 50.5 Å². The molecule has 0 bridgehead atoms. The van der Waals surface area contributed by atoms with Gasteiger partial charge in [0.1, 0.15) is 48.1 Å². The molecule has 0 aliphatic rings. The molecule has 12 N–H and O–H groups in total. The van der Waals surface area contributed by atoms with Gasteiger partial charge in [-0.05, 0) is 48.5 Å². The zero-order valence-electron chi connectivity index (χ0n) is 42.8. The van der Waals surface area contributed by atoms with Crippen LogP contribution in [0.25, 0.3) is 43.6 Å². The second kappa shape index (κ2) is 40.1. The monoisotopic (exact) mass is 1200 g/mol. The zero-order valence-corrected chi connectivity index (χ0v) is 44.6. The Bertz CT molecular complexity index is 3000. The Hall–Kier alpha value is -9.16. The Kier molecular flexibility index (Phi) is 38.8. The Balaban J connectivity index is -0.000000427. The van der Waals surface area contributed by atoms with Crippen LogP contribution in [0.4, 0.5) is 0 Å². The summed E-state index contributed by atoms with van der Waals surface area (Å²) in [5.41, 5.74) is 5.69. The number of hydrogen-bond donors (Lipinski definition) is 0. The molecule has 6 aromatic carbocycles. The van der Waals surface area contributed by atoms with Crippen molar-refractivity contribution in [2.45, 2.75) is 0 Å². The molecule has 10 rings (SSSR count). The average molecular weight is 1200 g/mol. The number of carbonyl (C=O) groups is 4. The number of methoxy groups -OCH3 is 4. The van der Waals surface area contributed by atoms with E-state index >= 15 is 0 Å². The molecule has 0 aliphatic carbocycles. The van der Waals surface area contributed by atoms with Gasteiger partial charge in [-0.25, -0.2) is 0 Å². The molecule has 0 saturated heterocycles. The minimum absolute atomic E-state index is 0. The van der Waals surface area contributed by atoms with Gasteiger partial charge in [0, 0.05) is 68.6 Å². The molecule has 0 saturated carbocycles. The molecule has 4 aromatic heterocycles. The number of ether oxygens (including phenoxy) is 4. The van der Waals surface area contributed by atoms with Crippen LogP contribution in [0.5, 0.6) is 46.0 Å². The SMILES string of the molecule is COc1cc(C=O)ccc1[O-].COc1cc(C=O)ccc1[O-].COc1cc(C=O)ccc1[O-].COc1cc(C=O)ccc1[O-].O.O.O.O.O.O.[Cu+2].[Cu+2].c1cnc2c(c1)ccc1cccnc12.c1cnc2c(c1)ccc1cccnc12. The van der Waals surface area contributed by atoms with Gasteiger partial charge in [0.25, 0.3) is 0 Å². The number of aromatic nitrogens is 4. The van der Waals surface area contributed by atoms with Crippen LogP contribution in [0.3, 0.4) is 0 Å². The Morgan fingerprint density at radius 3 is 0.662 bits per heavy atom. The number of fused-ring (bicyclic) bond motifs is 6. The molecule has 0 atom stereocenters. The number of rotatable bonds is 8. The quantitative estimate of drug-likeness (QED) is 0.120. The standard InChI is InChI=1S/2C12H8N2.4C8H8O3.2Cu.6H2O/c2*1-3-9-5-6-10-4-2-8-14-12(10)11(9)13-7-1;4*1-11-8-4-6(5-9)2-3-7(8)10;;;;;;;;/h2*1-8H;4*2-5,10H,1H3;;;6*1H2/q;;;;;;2*+2;;;;;;/p-4. The topological polar surface area (TPSA) is 438 Å². The summed E-state index contributed by atoms with van der Waals surface area (Å²) >= 11 is 0. The summed E-state index contributed by atoms with van der Waals surface area (Å²) in [6.45, 7) is 0. The fourth-order valence-corrected chi connectivity index (χ4v) is 6.39. The van der Waals surface area contributed by atoms with E-state index in [-0.39, 0.29) is 113 Å². The second-order valence-electron chi connectivity index (χ2n) is 14.5. The summed E-state index contributed by atoms with van der Waals surface area (Å²) in [5.74, 6) is -0.0270. The molecule has 80 heavy (non-hydrogen) atoms. The third-order valence-corrected chi connectivity index (χ3v) is 9.98. The third-order valence-electron chi connectivity index (χ3n) is 9.98. The zero-order chi connectivity index (χ0) is 51.8. The maximum atomic E-state index is 10.9. The van der Waals surface area contributed by atoms with Crippen molar-refractivity contribution in [1.82, 2.24) is 19.9 Å². The number of carbonyl (C=O) groups excluding carboxylic acids is 4. The minimum Gasteiger partial charge on any atom is -0.870 e. The van der Waals surface area contributed by atoms with Crippen molar-refractivity contribution in [3.63, 3.8) is 0 Å². The van der Waals surface area contributed by atoms with Crippen molar-refractivity contribution >= 4 is 68.8 Å². The van der Waals surface area contributed by atoms with Crippen LogP contribution >= 0.6 is 0 Å². The number of benzene rings is 6. The molecule has 0 aliphatic heterocycles. The largest absolute Gasteiger partial charge is 2.00 e. The number of nitrogens with zero attached hydrogens (tertiary/aromatic N) is 4. The van der Waals surface area contributed by atoms with Gasteiger partial charge >= 0.3 is 34.1 Å². The van der Waals surface area contributed by atoms with Crippen molar-refractivity contribution in [2.75, 3.05) is 28.4 Å². The fraction of sp³-hybridized carbons (Fsp3) is 0.0714. The van der Waals surface area contributed by atoms with E-state index < -0.39 is 0 Å². The first kappa shape index (κ1) is 77.3. The van der Waals surface area contributed by atoms with E-state index in [0.717, 1.165) is 43.6 Å². The molecule has 0 unspecified atom stereocenters. The van der Waals surface area contributed by atoms with E-state index in [4.69, 9.17) is 18.9 Å². The molecular weight excluding hydrogens is 1140 g/mol. The van der Waals surface area contributed by atoms with Gasteiger partial charge < -0.3 is 72.2 Å². The van der Waals surface area contributed by atoms with E-state index in [1.165, 1.54) is 101 Å². The Morgan fingerprint density at radius 1 is 0.312 bits per heavy atom. The first-order valence-electron chi connectivity index (χ1n) is 21.4. The Morgan fingerprint density at radius 2 is 0.500 bits per heavy atom. The van der Waals surface area contributed by atoms with Gasteiger partial charge in [0.2, 0.25) is 0 Å². The van der Waals surface area contributed by atoms with Crippen molar-refractivity contribution in [2.24, 2.45) is 0 Å². The second-order valence-corrected chi connectivity index (χ2v) is 14.5. The van der Waals surface area contributed by atoms with Gasteiger partial charge in [-0.2, -0.15) is 0 Å². The van der Waals surface area contributed by atoms with Gasteiger partial charge in [-0.3, -0.25) is 39.1 Å². The van der Waals surface area contributed by atoms with Crippen LogP contribution in [-0.2, 0) is 34.1 Å². The normalized spacial score (nSPS) is 8.85. The molecule has 430 valence electrons. The summed E-state index contributed by atoms with van der Waals surface area (Å²) in [4.78, 5) is 58.3. The first-order valence-corrected chi connectivity index (χ1v) is 21.4. The molecule has 0 amide bonds. The fourth-order valence-electron chi connectivity index (χ4n) is 6.39. The molecular formula is C56H56Cu2N4O18. The van der Waals surface area contributed by atoms with Gasteiger partial charge in [-0.1, -0.05) is 120 Å². The van der Waals surface area contributed by atoms with Crippen LogP contribution in [0.2, 0.25) is 0 Å².